The van der Waals surface area contributed by atoms with E-state index in [0.29, 0.717) is 0 Å². The summed E-state index contributed by atoms with van der Waals surface area (Å²) in [7, 11) is -3.91. The second-order valence-corrected chi connectivity index (χ2v) is 3.05. The molecule has 1 aliphatic carbocycles. The van der Waals surface area contributed by atoms with Gasteiger partial charge in [-0.3, -0.25) is 4.55 Å². The van der Waals surface area contributed by atoms with Gasteiger partial charge in [0.2, 0.25) is 0 Å². The SMILES string of the molecule is O=S(=O)(O)NC1CC1.[Na]. The Morgan fingerprint density at radius 1 is 1.44 bits per heavy atom. The first-order valence-corrected chi connectivity index (χ1v) is 3.77. The van der Waals surface area contributed by atoms with Gasteiger partial charge >= 0.3 is 10.3 Å². The molecular weight excluding hydrogens is 153 g/mol. The molecule has 49 valence electrons. The molecule has 0 aromatic rings. The van der Waals surface area contributed by atoms with Crippen LogP contribution in [0.3, 0.4) is 0 Å². The van der Waals surface area contributed by atoms with Gasteiger partial charge in [-0.15, -0.1) is 0 Å². The molecule has 1 fully saturated rings. The summed E-state index contributed by atoms with van der Waals surface area (Å²) in [6, 6.07) is 0.00463. The van der Waals surface area contributed by atoms with Crippen molar-refractivity contribution in [3.63, 3.8) is 0 Å². The summed E-state index contributed by atoms with van der Waals surface area (Å²) in [4.78, 5) is 0. The van der Waals surface area contributed by atoms with Crippen molar-refractivity contribution < 1.29 is 13.0 Å². The monoisotopic (exact) mass is 160 g/mol. The van der Waals surface area contributed by atoms with Crippen molar-refractivity contribution in [3.05, 3.63) is 0 Å². The molecule has 0 aliphatic heterocycles. The molecule has 0 amide bonds. The zero-order chi connectivity index (χ0) is 6.20. The molecule has 0 heterocycles. The van der Waals surface area contributed by atoms with Crippen molar-refractivity contribution in [2.45, 2.75) is 18.9 Å². The van der Waals surface area contributed by atoms with E-state index in [9.17, 15) is 8.42 Å². The summed E-state index contributed by atoms with van der Waals surface area (Å²) < 4.78 is 30.0. The molecule has 0 saturated heterocycles. The second-order valence-electron chi connectivity index (χ2n) is 1.87. The Morgan fingerprint density at radius 2 is 1.89 bits per heavy atom. The molecule has 2 N–H and O–H groups in total. The summed E-state index contributed by atoms with van der Waals surface area (Å²) in [5, 5.41) is 0. The molecule has 6 heteroatoms. The molecule has 0 aromatic carbocycles. The van der Waals surface area contributed by atoms with Gasteiger partial charge in [0.25, 0.3) is 0 Å². The second kappa shape index (κ2) is 3.32. The van der Waals surface area contributed by atoms with E-state index < -0.39 is 10.3 Å². The molecule has 4 nitrogen and oxygen atoms in total. The van der Waals surface area contributed by atoms with E-state index in [-0.39, 0.29) is 35.6 Å². The van der Waals surface area contributed by atoms with E-state index in [1.54, 1.807) is 0 Å². The van der Waals surface area contributed by atoms with Crippen LogP contribution in [-0.4, -0.2) is 48.6 Å². The van der Waals surface area contributed by atoms with Crippen LogP contribution in [0.2, 0.25) is 0 Å². The number of hydrogen-bond donors (Lipinski definition) is 2. The fourth-order valence-electron chi connectivity index (χ4n) is 0.412. The van der Waals surface area contributed by atoms with Crippen molar-refractivity contribution in [1.82, 2.24) is 4.72 Å². The van der Waals surface area contributed by atoms with Crippen molar-refractivity contribution in [3.8, 4) is 0 Å². The van der Waals surface area contributed by atoms with E-state index >= 15 is 0 Å². The Bertz CT molecular complexity index is 173. The van der Waals surface area contributed by atoms with Crippen LogP contribution in [0.25, 0.3) is 0 Å². The van der Waals surface area contributed by atoms with E-state index in [0.717, 1.165) is 12.8 Å². The molecule has 0 bridgehead atoms. The third-order valence-corrected chi connectivity index (χ3v) is 1.52. The molecule has 1 saturated carbocycles. The zero-order valence-corrected chi connectivity index (χ0v) is 7.98. The zero-order valence-electron chi connectivity index (χ0n) is 5.16. The summed E-state index contributed by atoms with van der Waals surface area (Å²) >= 11 is 0. The van der Waals surface area contributed by atoms with Crippen LogP contribution in [0.1, 0.15) is 12.8 Å². The van der Waals surface area contributed by atoms with Gasteiger partial charge in [-0.25, -0.2) is 0 Å². The van der Waals surface area contributed by atoms with E-state index in [4.69, 9.17) is 4.55 Å². The maximum Gasteiger partial charge on any atom is 0.333 e. The van der Waals surface area contributed by atoms with Gasteiger partial charge in [0.15, 0.2) is 0 Å². The topological polar surface area (TPSA) is 66.4 Å². The molecule has 1 rings (SSSR count). The predicted molar refractivity (Wildman–Crippen MR) is 33.5 cm³/mol. The normalized spacial score (nSPS) is 18.8. The largest absolute Gasteiger partial charge is 0.333 e. The minimum atomic E-state index is -3.91. The summed E-state index contributed by atoms with van der Waals surface area (Å²) in [5.41, 5.74) is 0. The van der Waals surface area contributed by atoms with E-state index in [2.05, 4.69) is 0 Å². The Labute approximate surface area is 76.2 Å². The Kier molecular flexibility index (Phi) is 3.64. The molecule has 0 unspecified atom stereocenters. The smallest absolute Gasteiger partial charge is 0.273 e. The summed E-state index contributed by atoms with van der Waals surface area (Å²) in [6.07, 6.45) is 1.69. The van der Waals surface area contributed by atoms with Gasteiger partial charge < -0.3 is 0 Å². The third kappa shape index (κ3) is 5.32. The first-order chi connectivity index (χ1) is 3.58. The third-order valence-electron chi connectivity index (χ3n) is 0.893. The Morgan fingerprint density at radius 3 is 2.00 bits per heavy atom. The fraction of sp³-hybridized carbons (Fsp3) is 1.00. The Hall–Kier alpha value is 0.870. The molecule has 9 heavy (non-hydrogen) atoms. The molecule has 0 atom stereocenters. The van der Waals surface area contributed by atoms with Crippen molar-refractivity contribution in [2.75, 3.05) is 0 Å². The van der Waals surface area contributed by atoms with Gasteiger partial charge in [0, 0.05) is 35.6 Å². The summed E-state index contributed by atoms with van der Waals surface area (Å²) in [5.74, 6) is 0. The van der Waals surface area contributed by atoms with Gasteiger partial charge in [-0.05, 0) is 12.8 Å². The van der Waals surface area contributed by atoms with Crippen LogP contribution < -0.4 is 4.72 Å². The first-order valence-electron chi connectivity index (χ1n) is 2.33. The number of rotatable bonds is 2. The molecule has 0 aromatic heterocycles. The average Bonchev–Trinajstić information content (AvgIpc) is 2.12. The van der Waals surface area contributed by atoms with Gasteiger partial charge in [-0.1, -0.05) is 0 Å². The Balaban J connectivity index is 0.000000640. The average molecular weight is 160 g/mol. The van der Waals surface area contributed by atoms with Crippen molar-refractivity contribution in [2.24, 2.45) is 0 Å². The number of nitrogens with one attached hydrogen (secondary N) is 1. The van der Waals surface area contributed by atoms with Crippen LogP contribution in [0, 0.1) is 0 Å². The van der Waals surface area contributed by atoms with Crippen LogP contribution in [0.4, 0.5) is 0 Å². The fourth-order valence-corrected chi connectivity index (χ4v) is 1.07. The van der Waals surface area contributed by atoms with Gasteiger partial charge in [0.05, 0.1) is 0 Å². The van der Waals surface area contributed by atoms with Crippen LogP contribution in [0.15, 0.2) is 0 Å². The van der Waals surface area contributed by atoms with Crippen LogP contribution in [0.5, 0.6) is 0 Å². The van der Waals surface area contributed by atoms with Gasteiger partial charge in [-0.2, -0.15) is 13.1 Å². The maximum atomic E-state index is 9.93. The van der Waals surface area contributed by atoms with Crippen LogP contribution in [-0.2, 0) is 10.3 Å². The summed E-state index contributed by atoms with van der Waals surface area (Å²) in [6.45, 7) is 0. The standard InChI is InChI=1S/C3H7NO3S.Na/c5-8(6,7)4-3-1-2-3;/h3-4H,1-2H2,(H,5,6,7);. The molecule has 1 radical (unpaired) electrons. The van der Waals surface area contributed by atoms with Crippen molar-refractivity contribution >= 4 is 39.9 Å². The molecule has 1 aliphatic rings. The maximum absolute atomic E-state index is 9.93. The van der Waals surface area contributed by atoms with E-state index in [1.165, 1.54) is 0 Å². The first kappa shape index (κ1) is 9.87. The van der Waals surface area contributed by atoms with Crippen molar-refractivity contribution in [1.29, 1.82) is 0 Å². The van der Waals surface area contributed by atoms with Gasteiger partial charge in [0.1, 0.15) is 0 Å². The molecular formula is C3H7NNaO3S. The predicted octanol–water partition coefficient (Wildman–Crippen LogP) is -0.840. The minimum Gasteiger partial charge on any atom is -0.273 e. The minimum absolute atomic E-state index is 0. The van der Waals surface area contributed by atoms with Crippen LogP contribution >= 0.6 is 0 Å². The number of hydrogen-bond acceptors (Lipinski definition) is 2. The molecule has 0 spiro atoms. The van der Waals surface area contributed by atoms with E-state index in [1.807, 2.05) is 4.72 Å². The quantitative estimate of drug-likeness (QED) is 0.409.